The number of amides is 1. The Morgan fingerprint density at radius 1 is 1.46 bits per heavy atom. The number of carbonyl (C=O) groups excluding carboxylic acids is 1. The molecule has 2 aromatic heterocycles. The minimum atomic E-state index is -4.40. The fourth-order valence-electron chi connectivity index (χ4n) is 2.04. The number of alkyl halides is 3. The number of aromatic nitrogens is 3. The highest BCUT2D eigenvalue weighted by Crippen LogP contribution is 2.19. The fraction of sp³-hybridized carbons (Fsp3) is 0.286. The van der Waals surface area contributed by atoms with Crippen molar-refractivity contribution in [3.05, 3.63) is 41.6 Å². The first kappa shape index (κ1) is 19.2. The van der Waals surface area contributed by atoms with Crippen LogP contribution in [0, 0.1) is 5.41 Å². The number of carbonyl (C=O) groups is 1. The molecule has 0 radical (unpaired) electrons. The van der Waals surface area contributed by atoms with Gasteiger partial charge in [0.1, 0.15) is 5.70 Å². The lowest BCUT2D eigenvalue weighted by molar-refractivity contribution is -0.138. The van der Waals surface area contributed by atoms with E-state index in [0.29, 0.717) is 21.9 Å². The molecule has 0 bridgehead atoms. The second-order valence-electron chi connectivity index (χ2n) is 5.26. The van der Waals surface area contributed by atoms with Crippen molar-refractivity contribution in [1.29, 1.82) is 5.41 Å². The summed E-state index contributed by atoms with van der Waals surface area (Å²) in [6.45, 7) is -0.614. The maximum atomic E-state index is 12.2. The Balaban J connectivity index is 1.99. The number of hydrazine groups is 1. The van der Waals surface area contributed by atoms with Crippen LogP contribution in [-0.4, -0.2) is 44.4 Å². The average molecular weight is 370 g/mol. The summed E-state index contributed by atoms with van der Waals surface area (Å²) in [6.07, 6.45) is -0.564. The van der Waals surface area contributed by atoms with Gasteiger partial charge in [-0.25, -0.2) is 15.3 Å². The largest absolute Gasteiger partial charge is 0.403 e. The van der Waals surface area contributed by atoms with Crippen LogP contribution in [0.4, 0.5) is 13.2 Å². The number of hydrogen-bond acceptors (Lipinski definition) is 7. The summed E-state index contributed by atoms with van der Waals surface area (Å²) in [6, 6.07) is 1.63. The van der Waals surface area contributed by atoms with Gasteiger partial charge in [0.05, 0.1) is 31.1 Å². The molecule has 0 aliphatic rings. The van der Waals surface area contributed by atoms with Gasteiger partial charge in [0.15, 0.2) is 5.65 Å². The molecule has 6 N–H and O–H groups in total. The third-order valence-electron chi connectivity index (χ3n) is 3.32. The van der Waals surface area contributed by atoms with E-state index in [1.54, 1.807) is 12.3 Å². The molecule has 26 heavy (non-hydrogen) atoms. The summed E-state index contributed by atoms with van der Waals surface area (Å²) in [4.78, 5) is 16.3. The molecule has 0 aliphatic heterocycles. The van der Waals surface area contributed by atoms with Crippen molar-refractivity contribution >= 4 is 17.8 Å². The molecule has 12 heteroatoms. The van der Waals surface area contributed by atoms with Crippen LogP contribution in [0.3, 0.4) is 0 Å². The molecule has 0 spiro atoms. The van der Waals surface area contributed by atoms with Crippen molar-refractivity contribution in [2.75, 3.05) is 6.54 Å². The smallest absolute Gasteiger partial charge is 0.390 e. The van der Waals surface area contributed by atoms with Crippen LogP contribution in [0.5, 0.6) is 0 Å². The zero-order chi connectivity index (χ0) is 19.3. The van der Waals surface area contributed by atoms with Gasteiger partial charge < -0.3 is 21.5 Å². The molecule has 0 atom stereocenters. The first-order chi connectivity index (χ1) is 12.2. The second kappa shape index (κ2) is 7.82. The van der Waals surface area contributed by atoms with Crippen LogP contribution < -0.4 is 16.9 Å². The summed E-state index contributed by atoms with van der Waals surface area (Å²) < 4.78 is 38.2. The van der Waals surface area contributed by atoms with Crippen molar-refractivity contribution in [2.45, 2.75) is 19.1 Å². The maximum Gasteiger partial charge on any atom is 0.390 e. The van der Waals surface area contributed by atoms with E-state index >= 15 is 0 Å². The quantitative estimate of drug-likeness (QED) is 0.239. The standard InChI is InChI=1S/C14H17F3N8O/c15-14(16,17)1-2-24(20)11(5-19)13(26)21-7-10-8-25-12(23-10)3-9(4-18)6-22-25/h3-6,8,18H,1-2,7,19-20H2,(H,21,26)/b11-5-,18-4?. The fourth-order valence-corrected chi connectivity index (χ4v) is 2.04. The van der Waals surface area contributed by atoms with Crippen LogP contribution >= 0.6 is 0 Å². The Hall–Kier alpha value is -3.15. The molecule has 1 amide bonds. The first-order valence-electron chi connectivity index (χ1n) is 7.37. The highest BCUT2D eigenvalue weighted by molar-refractivity contribution is 5.92. The molecule has 2 rings (SSSR count). The van der Waals surface area contributed by atoms with Crippen molar-refractivity contribution < 1.29 is 18.0 Å². The van der Waals surface area contributed by atoms with Gasteiger partial charge in [-0.05, 0) is 6.07 Å². The van der Waals surface area contributed by atoms with E-state index in [4.69, 9.17) is 17.0 Å². The van der Waals surface area contributed by atoms with Crippen LogP contribution in [0.1, 0.15) is 17.7 Å². The van der Waals surface area contributed by atoms with Gasteiger partial charge in [0.2, 0.25) is 0 Å². The SMILES string of the molecule is N=Cc1cnn2cc(CNC(=O)/C(=C/N)N(N)CCC(F)(F)F)nc2c1. The van der Waals surface area contributed by atoms with Crippen LogP contribution in [0.15, 0.2) is 30.4 Å². The number of fused-ring (bicyclic) bond motifs is 1. The van der Waals surface area contributed by atoms with E-state index in [-0.39, 0.29) is 12.2 Å². The zero-order valence-electron chi connectivity index (χ0n) is 13.5. The van der Waals surface area contributed by atoms with E-state index in [1.807, 2.05) is 0 Å². The van der Waals surface area contributed by atoms with Crippen molar-refractivity contribution in [3.63, 3.8) is 0 Å². The molecule has 0 fully saturated rings. The van der Waals surface area contributed by atoms with Gasteiger partial charge in [-0.2, -0.15) is 18.3 Å². The summed E-state index contributed by atoms with van der Waals surface area (Å²) in [5.74, 6) is 4.74. The number of hydrogen-bond donors (Lipinski definition) is 4. The van der Waals surface area contributed by atoms with E-state index in [0.717, 1.165) is 12.4 Å². The highest BCUT2D eigenvalue weighted by Gasteiger charge is 2.28. The maximum absolute atomic E-state index is 12.2. The summed E-state index contributed by atoms with van der Waals surface area (Å²) in [5.41, 5.74) is 6.52. The van der Waals surface area contributed by atoms with Gasteiger partial charge in [0, 0.05) is 24.5 Å². The molecule has 9 nitrogen and oxygen atoms in total. The number of nitrogens with one attached hydrogen (secondary N) is 2. The lowest BCUT2D eigenvalue weighted by Gasteiger charge is -2.21. The Labute approximate surface area is 145 Å². The second-order valence-corrected chi connectivity index (χ2v) is 5.26. The minimum Gasteiger partial charge on any atom is -0.403 e. The number of imidazole rings is 1. The molecule has 0 unspecified atom stereocenters. The van der Waals surface area contributed by atoms with E-state index in [1.165, 1.54) is 10.7 Å². The van der Waals surface area contributed by atoms with Crippen molar-refractivity contribution in [2.24, 2.45) is 11.6 Å². The predicted molar refractivity (Wildman–Crippen MR) is 86.6 cm³/mol. The Kier molecular flexibility index (Phi) is 5.77. The first-order valence-corrected chi connectivity index (χ1v) is 7.37. The molecule has 0 aliphatic carbocycles. The third-order valence-corrected chi connectivity index (χ3v) is 3.32. The Morgan fingerprint density at radius 3 is 2.81 bits per heavy atom. The van der Waals surface area contributed by atoms with Crippen LogP contribution in [-0.2, 0) is 11.3 Å². The molecular formula is C14H17F3N8O. The molecule has 0 saturated carbocycles. The summed E-state index contributed by atoms with van der Waals surface area (Å²) >= 11 is 0. The topological polar surface area (TPSA) is 138 Å². The van der Waals surface area contributed by atoms with E-state index in [9.17, 15) is 18.0 Å². The number of rotatable bonds is 7. The molecule has 0 aromatic carbocycles. The monoisotopic (exact) mass is 370 g/mol. The number of halogens is 3. The highest BCUT2D eigenvalue weighted by atomic mass is 19.4. The number of nitrogens with two attached hydrogens (primary N) is 2. The predicted octanol–water partition coefficient (Wildman–Crippen LogP) is 0.271. The lowest BCUT2D eigenvalue weighted by atomic mass is 10.3. The van der Waals surface area contributed by atoms with Gasteiger partial charge >= 0.3 is 6.18 Å². The normalized spacial score (nSPS) is 12.2. The van der Waals surface area contributed by atoms with Crippen LogP contribution in [0.2, 0.25) is 0 Å². The molecule has 140 valence electrons. The molecule has 0 saturated heterocycles. The van der Waals surface area contributed by atoms with Crippen molar-refractivity contribution in [3.8, 4) is 0 Å². The van der Waals surface area contributed by atoms with Gasteiger partial charge in [0.25, 0.3) is 5.91 Å². The minimum absolute atomic E-state index is 0.00737. The zero-order valence-corrected chi connectivity index (χ0v) is 13.5. The number of nitrogens with zero attached hydrogens (tertiary/aromatic N) is 4. The van der Waals surface area contributed by atoms with E-state index < -0.39 is 25.0 Å². The molecular weight excluding hydrogens is 353 g/mol. The summed E-state index contributed by atoms with van der Waals surface area (Å²) in [7, 11) is 0. The molecule has 2 aromatic rings. The average Bonchev–Trinajstić information content (AvgIpc) is 3.00. The van der Waals surface area contributed by atoms with Crippen LogP contribution in [0.25, 0.3) is 5.65 Å². The Bertz CT molecular complexity index is 829. The van der Waals surface area contributed by atoms with Crippen molar-refractivity contribution in [1.82, 2.24) is 24.9 Å². The molecule has 2 heterocycles. The lowest BCUT2D eigenvalue weighted by Crippen LogP contribution is -2.41. The van der Waals surface area contributed by atoms with Gasteiger partial charge in [-0.3, -0.25) is 4.79 Å². The van der Waals surface area contributed by atoms with E-state index in [2.05, 4.69) is 15.4 Å². The summed E-state index contributed by atoms with van der Waals surface area (Å²) in [5, 5.41) is 14.4. The Morgan fingerprint density at radius 2 is 2.19 bits per heavy atom. The van der Waals surface area contributed by atoms with Gasteiger partial charge in [-0.1, -0.05) is 0 Å². The third kappa shape index (κ3) is 4.92. The van der Waals surface area contributed by atoms with Gasteiger partial charge in [-0.15, -0.1) is 0 Å².